The van der Waals surface area contributed by atoms with Gasteiger partial charge in [0.25, 0.3) is 0 Å². The summed E-state index contributed by atoms with van der Waals surface area (Å²) in [6.07, 6.45) is 1.96. The van der Waals surface area contributed by atoms with Crippen LogP contribution < -0.4 is 4.74 Å². The van der Waals surface area contributed by atoms with E-state index in [0.29, 0.717) is 5.75 Å². The van der Waals surface area contributed by atoms with Crippen LogP contribution >= 0.6 is 0 Å². The molecule has 0 aliphatic carbocycles. The smallest absolute Gasteiger partial charge is 0.160 e. The van der Waals surface area contributed by atoms with Crippen molar-refractivity contribution < 1.29 is 14.6 Å². The number of benzene rings is 2. The highest BCUT2D eigenvalue weighted by Gasteiger charge is 2.33. The van der Waals surface area contributed by atoms with E-state index < -0.39 is 0 Å². The van der Waals surface area contributed by atoms with Gasteiger partial charge in [-0.3, -0.25) is 4.90 Å². The number of rotatable bonds is 7. The molecule has 0 unspecified atom stereocenters. The first-order chi connectivity index (χ1) is 14.9. The van der Waals surface area contributed by atoms with E-state index in [1.807, 2.05) is 12.1 Å². The van der Waals surface area contributed by atoms with Crippen LogP contribution in [0.5, 0.6) is 11.5 Å². The van der Waals surface area contributed by atoms with Gasteiger partial charge < -0.3 is 19.5 Å². The molecule has 1 saturated heterocycles. The minimum Gasteiger partial charge on any atom is -0.504 e. The number of nitrogens with zero attached hydrogens (tertiary/aromatic N) is 2. The second-order valence-corrected chi connectivity index (χ2v) is 9.16. The average molecular weight is 423 g/mol. The zero-order valence-electron chi connectivity index (χ0n) is 19.0. The lowest BCUT2D eigenvalue weighted by atomic mass is 9.93. The fourth-order valence-corrected chi connectivity index (χ4v) is 4.61. The number of phenols is 1. The van der Waals surface area contributed by atoms with E-state index in [-0.39, 0.29) is 11.3 Å². The van der Waals surface area contributed by atoms with Crippen LogP contribution in [0.3, 0.4) is 0 Å². The van der Waals surface area contributed by atoms with E-state index in [4.69, 9.17) is 9.47 Å². The summed E-state index contributed by atoms with van der Waals surface area (Å²) < 4.78 is 10.8. The number of morpholine rings is 1. The summed E-state index contributed by atoms with van der Waals surface area (Å²) >= 11 is 0. The normalized spacial score (nSPS) is 16.9. The molecule has 4 rings (SSSR count). The minimum atomic E-state index is 0.0434. The third kappa shape index (κ3) is 4.58. The van der Waals surface area contributed by atoms with Gasteiger partial charge >= 0.3 is 0 Å². The highest BCUT2D eigenvalue weighted by molar-refractivity contribution is 5.67. The second kappa shape index (κ2) is 8.93. The fraction of sp³-hybridized carbons (Fsp3) is 0.462. The summed E-state index contributed by atoms with van der Waals surface area (Å²) in [5.74, 6) is 0.726. The maximum absolute atomic E-state index is 9.85. The Morgan fingerprint density at radius 1 is 1.16 bits per heavy atom. The molecular formula is C26H34N2O3. The molecule has 2 heterocycles. The van der Waals surface area contributed by atoms with E-state index in [0.717, 1.165) is 57.9 Å². The molecule has 0 amide bonds. The fourth-order valence-electron chi connectivity index (χ4n) is 4.61. The molecule has 2 aliphatic heterocycles. The van der Waals surface area contributed by atoms with E-state index in [1.54, 1.807) is 13.2 Å². The predicted molar refractivity (Wildman–Crippen MR) is 124 cm³/mol. The first-order valence-corrected chi connectivity index (χ1v) is 11.1. The predicted octanol–water partition coefficient (Wildman–Crippen LogP) is 4.43. The van der Waals surface area contributed by atoms with Gasteiger partial charge in [0.05, 0.1) is 20.3 Å². The highest BCUT2D eigenvalue weighted by atomic mass is 16.5. The highest BCUT2D eigenvalue weighted by Crippen LogP contribution is 2.36. The van der Waals surface area contributed by atoms with Crippen LogP contribution in [0.2, 0.25) is 0 Å². The Labute approximate surface area is 185 Å². The van der Waals surface area contributed by atoms with Crippen molar-refractivity contribution in [2.75, 3.05) is 33.4 Å². The molecule has 166 valence electrons. The molecule has 0 spiro atoms. The zero-order chi connectivity index (χ0) is 22.0. The summed E-state index contributed by atoms with van der Waals surface area (Å²) in [7, 11) is 1.59. The largest absolute Gasteiger partial charge is 0.504 e. The molecule has 1 N–H and O–H groups in total. The third-order valence-electron chi connectivity index (χ3n) is 6.81. The van der Waals surface area contributed by atoms with Gasteiger partial charge in [-0.05, 0) is 55.5 Å². The van der Waals surface area contributed by atoms with Gasteiger partial charge in [0, 0.05) is 43.0 Å². The Balaban J connectivity index is 1.46. The number of hydrogen-bond acceptors (Lipinski definition) is 5. The number of phenolic OH excluding ortho intramolecular Hbond substituents is 1. The van der Waals surface area contributed by atoms with E-state index in [9.17, 15) is 5.11 Å². The first-order valence-electron chi connectivity index (χ1n) is 11.1. The lowest BCUT2D eigenvalue weighted by molar-refractivity contribution is 0.0640. The molecule has 5 heteroatoms. The van der Waals surface area contributed by atoms with Crippen molar-refractivity contribution >= 4 is 5.70 Å². The summed E-state index contributed by atoms with van der Waals surface area (Å²) in [5.41, 5.74) is 6.45. The molecule has 0 radical (unpaired) electrons. The van der Waals surface area contributed by atoms with Crippen molar-refractivity contribution in [1.29, 1.82) is 0 Å². The molecule has 2 aliphatic rings. The summed E-state index contributed by atoms with van der Waals surface area (Å²) in [6.45, 7) is 14.4. The monoisotopic (exact) mass is 422 g/mol. The Hall–Kier alpha value is -2.50. The van der Waals surface area contributed by atoms with Crippen molar-refractivity contribution in [1.82, 2.24) is 9.80 Å². The molecule has 0 atom stereocenters. The molecule has 1 fully saturated rings. The van der Waals surface area contributed by atoms with Crippen molar-refractivity contribution in [3.63, 3.8) is 0 Å². The molecule has 2 aromatic rings. The lowest BCUT2D eigenvalue weighted by Gasteiger charge is -2.36. The summed E-state index contributed by atoms with van der Waals surface area (Å²) in [5, 5.41) is 9.85. The Morgan fingerprint density at radius 3 is 2.68 bits per heavy atom. The Morgan fingerprint density at radius 2 is 1.94 bits per heavy atom. The number of aryl methyl sites for hydroxylation is 1. The average Bonchev–Trinajstić information content (AvgIpc) is 3.24. The maximum atomic E-state index is 9.85. The SMILES string of the molecule is C=C(c1cccc2c1CN(C(C)(C)CCc1ccc(O)c(OC)c1)C2)N1CCOCC1. The lowest BCUT2D eigenvalue weighted by Crippen LogP contribution is -2.40. The molecule has 0 aromatic heterocycles. The van der Waals surface area contributed by atoms with Crippen LogP contribution in [0.1, 0.15) is 42.5 Å². The van der Waals surface area contributed by atoms with Crippen molar-refractivity contribution in [3.8, 4) is 11.5 Å². The van der Waals surface area contributed by atoms with Gasteiger partial charge in [0.2, 0.25) is 0 Å². The number of methoxy groups -OCH3 is 1. The van der Waals surface area contributed by atoms with Crippen LogP contribution in [0.15, 0.2) is 43.0 Å². The van der Waals surface area contributed by atoms with E-state index in [1.165, 1.54) is 22.3 Å². The van der Waals surface area contributed by atoms with Crippen LogP contribution in [0.25, 0.3) is 5.70 Å². The summed E-state index contributed by atoms with van der Waals surface area (Å²) in [6, 6.07) is 12.3. The van der Waals surface area contributed by atoms with Crippen LogP contribution in [-0.4, -0.2) is 53.9 Å². The van der Waals surface area contributed by atoms with Crippen molar-refractivity contribution in [2.24, 2.45) is 0 Å². The van der Waals surface area contributed by atoms with Crippen molar-refractivity contribution in [3.05, 3.63) is 65.2 Å². The van der Waals surface area contributed by atoms with Crippen LogP contribution in [0, 0.1) is 0 Å². The molecule has 0 saturated carbocycles. The van der Waals surface area contributed by atoms with Gasteiger partial charge in [0.15, 0.2) is 11.5 Å². The number of aromatic hydroxyl groups is 1. The van der Waals surface area contributed by atoms with E-state index in [2.05, 4.69) is 48.4 Å². The standard InChI is InChI=1S/C26H34N2O3/c1-19(27-12-14-31-15-13-27)22-7-5-6-21-17-28(18-23(21)22)26(2,3)11-10-20-8-9-24(29)25(16-20)30-4/h5-9,16,29H,1,10-15,17-18H2,2-4H3. The maximum Gasteiger partial charge on any atom is 0.160 e. The summed E-state index contributed by atoms with van der Waals surface area (Å²) in [4.78, 5) is 4.93. The Kier molecular flexibility index (Phi) is 6.26. The van der Waals surface area contributed by atoms with Gasteiger partial charge in [0.1, 0.15) is 0 Å². The van der Waals surface area contributed by atoms with Gasteiger partial charge in [-0.25, -0.2) is 0 Å². The Bertz CT molecular complexity index is 948. The number of hydrogen-bond donors (Lipinski definition) is 1. The molecule has 31 heavy (non-hydrogen) atoms. The van der Waals surface area contributed by atoms with Crippen molar-refractivity contribution in [2.45, 2.75) is 45.3 Å². The van der Waals surface area contributed by atoms with Gasteiger partial charge in [-0.2, -0.15) is 0 Å². The van der Waals surface area contributed by atoms with Gasteiger partial charge in [-0.15, -0.1) is 0 Å². The number of fused-ring (bicyclic) bond motifs is 1. The topological polar surface area (TPSA) is 45.2 Å². The van der Waals surface area contributed by atoms with E-state index >= 15 is 0 Å². The molecule has 0 bridgehead atoms. The second-order valence-electron chi connectivity index (χ2n) is 9.16. The van der Waals surface area contributed by atoms with Crippen LogP contribution in [0.4, 0.5) is 0 Å². The molecule has 2 aromatic carbocycles. The first kappa shape index (κ1) is 21.7. The van der Waals surface area contributed by atoms with Crippen LogP contribution in [-0.2, 0) is 24.2 Å². The minimum absolute atomic E-state index is 0.0434. The number of ether oxygens (including phenoxy) is 2. The zero-order valence-corrected chi connectivity index (χ0v) is 19.0. The van der Waals surface area contributed by atoms with Gasteiger partial charge in [-0.1, -0.05) is 30.8 Å². The third-order valence-corrected chi connectivity index (χ3v) is 6.81. The molecular weight excluding hydrogens is 388 g/mol. The molecule has 5 nitrogen and oxygen atoms in total. The quantitative estimate of drug-likeness (QED) is 0.715.